The Morgan fingerprint density at radius 3 is 2.50 bits per heavy atom. The molecule has 3 aromatic rings. The van der Waals surface area contributed by atoms with Gasteiger partial charge in [0.15, 0.2) is 18.1 Å². The summed E-state index contributed by atoms with van der Waals surface area (Å²) in [5.74, 6) is 2.15. The number of hydrogen-bond donors (Lipinski definition) is 0. The largest absolute Gasteiger partial charge is 0.493 e. The zero-order valence-electron chi connectivity index (χ0n) is 11.8. The zero-order valence-corrected chi connectivity index (χ0v) is 12.6. The van der Waals surface area contributed by atoms with Crippen LogP contribution in [0.2, 0.25) is 5.02 Å². The fourth-order valence-electron chi connectivity index (χ4n) is 1.91. The van der Waals surface area contributed by atoms with Crippen molar-refractivity contribution in [3.63, 3.8) is 0 Å². The molecule has 0 fully saturated rings. The highest BCUT2D eigenvalue weighted by Crippen LogP contribution is 2.26. The van der Waals surface area contributed by atoms with Crippen molar-refractivity contribution in [3.05, 3.63) is 59.4 Å². The molecule has 0 amide bonds. The Morgan fingerprint density at radius 2 is 1.77 bits per heavy atom. The van der Waals surface area contributed by atoms with E-state index in [0.717, 1.165) is 5.56 Å². The summed E-state index contributed by atoms with van der Waals surface area (Å²) >= 11 is 5.85. The van der Waals surface area contributed by atoms with E-state index in [9.17, 15) is 0 Å². The first-order valence-corrected chi connectivity index (χ1v) is 6.98. The van der Waals surface area contributed by atoms with Crippen molar-refractivity contribution in [2.24, 2.45) is 0 Å². The van der Waals surface area contributed by atoms with Crippen LogP contribution in [-0.2, 0) is 6.61 Å². The molecule has 0 N–H and O–H groups in total. The fraction of sp³-hybridized carbons (Fsp3) is 0.125. The Bertz CT molecular complexity index is 756. The number of nitrogens with zero attached hydrogens (tertiary/aromatic N) is 2. The summed E-state index contributed by atoms with van der Waals surface area (Å²) in [5.41, 5.74) is 0.830. The summed E-state index contributed by atoms with van der Waals surface area (Å²) in [6.45, 7) is 0.168. The minimum Gasteiger partial charge on any atom is -0.493 e. The van der Waals surface area contributed by atoms with Crippen molar-refractivity contribution in [2.75, 3.05) is 7.11 Å². The number of hydrogen-bond acceptors (Lipinski definition) is 5. The molecule has 112 valence electrons. The maximum absolute atomic E-state index is 5.85. The molecule has 0 spiro atoms. The first kappa shape index (κ1) is 14.4. The van der Waals surface area contributed by atoms with Crippen LogP contribution in [-0.4, -0.2) is 17.3 Å². The Balaban J connectivity index is 1.71. The third kappa shape index (κ3) is 3.20. The topological polar surface area (TPSA) is 57.4 Å². The van der Waals surface area contributed by atoms with Crippen LogP contribution in [0.4, 0.5) is 0 Å². The molecule has 0 bridgehead atoms. The van der Waals surface area contributed by atoms with E-state index in [0.29, 0.717) is 28.2 Å². The SMILES string of the molecule is COc1ccccc1OCc1nc(-c2ccc(Cl)cc2)no1. The smallest absolute Gasteiger partial charge is 0.264 e. The third-order valence-electron chi connectivity index (χ3n) is 2.99. The highest BCUT2D eigenvalue weighted by atomic mass is 35.5. The third-order valence-corrected chi connectivity index (χ3v) is 3.24. The first-order valence-electron chi connectivity index (χ1n) is 6.60. The lowest BCUT2D eigenvalue weighted by atomic mass is 10.2. The quantitative estimate of drug-likeness (QED) is 0.712. The predicted octanol–water partition coefficient (Wildman–Crippen LogP) is 3.98. The molecule has 2 aromatic carbocycles. The zero-order chi connectivity index (χ0) is 15.4. The molecule has 1 heterocycles. The molecule has 5 nitrogen and oxygen atoms in total. The van der Waals surface area contributed by atoms with Crippen LogP contribution < -0.4 is 9.47 Å². The van der Waals surface area contributed by atoms with E-state index in [1.807, 2.05) is 36.4 Å². The maximum atomic E-state index is 5.85. The monoisotopic (exact) mass is 316 g/mol. The number of benzene rings is 2. The van der Waals surface area contributed by atoms with Gasteiger partial charge in [0.05, 0.1) is 7.11 Å². The molecule has 0 aliphatic heterocycles. The molecule has 1 aromatic heterocycles. The molecule has 3 rings (SSSR count). The molecular formula is C16H13ClN2O3. The van der Waals surface area contributed by atoms with E-state index in [-0.39, 0.29) is 6.61 Å². The lowest BCUT2D eigenvalue weighted by Gasteiger charge is -2.07. The van der Waals surface area contributed by atoms with Crippen LogP contribution in [0.1, 0.15) is 5.89 Å². The van der Waals surface area contributed by atoms with Crippen LogP contribution in [0.15, 0.2) is 53.1 Å². The van der Waals surface area contributed by atoms with E-state index in [2.05, 4.69) is 10.1 Å². The van der Waals surface area contributed by atoms with Crippen molar-refractivity contribution in [3.8, 4) is 22.9 Å². The Hall–Kier alpha value is -2.53. The van der Waals surface area contributed by atoms with Crippen molar-refractivity contribution in [1.82, 2.24) is 10.1 Å². The highest BCUT2D eigenvalue weighted by Gasteiger charge is 2.10. The van der Waals surface area contributed by atoms with Crippen LogP contribution in [0.25, 0.3) is 11.4 Å². The summed E-state index contributed by atoms with van der Waals surface area (Å²) in [6, 6.07) is 14.6. The number of rotatable bonds is 5. The lowest BCUT2D eigenvalue weighted by Crippen LogP contribution is -1.97. The second-order valence-corrected chi connectivity index (χ2v) is 4.89. The van der Waals surface area contributed by atoms with Gasteiger partial charge in [-0.05, 0) is 36.4 Å². The number of halogens is 1. The molecule has 0 radical (unpaired) electrons. The molecule has 22 heavy (non-hydrogen) atoms. The summed E-state index contributed by atoms with van der Waals surface area (Å²) in [6.07, 6.45) is 0. The molecule has 0 atom stereocenters. The first-order chi connectivity index (χ1) is 10.8. The molecule has 0 aliphatic rings. The predicted molar refractivity (Wildman–Crippen MR) is 82.1 cm³/mol. The van der Waals surface area contributed by atoms with E-state index < -0.39 is 0 Å². The van der Waals surface area contributed by atoms with Crippen molar-refractivity contribution >= 4 is 11.6 Å². The van der Waals surface area contributed by atoms with Crippen LogP contribution in [0.3, 0.4) is 0 Å². The van der Waals surface area contributed by atoms with Gasteiger partial charge in [0.2, 0.25) is 5.82 Å². The van der Waals surface area contributed by atoms with Gasteiger partial charge in [-0.3, -0.25) is 0 Å². The molecule has 6 heteroatoms. The van der Waals surface area contributed by atoms with E-state index >= 15 is 0 Å². The van der Waals surface area contributed by atoms with Crippen LogP contribution in [0, 0.1) is 0 Å². The average molecular weight is 317 g/mol. The summed E-state index contributed by atoms with van der Waals surface area (Å²) < 4.78 is 16.0. The highest BCUT2D eigenvalue weighted by molar-refractivity contribution is 6.30. The standard InChI is InChI=1S/C16H13ClN2O3/c1-20-13-4-2-3-5-14(13)21-10-15-18-16(19-22-15)11-6-8-12(17)9-7-11/h2-9H,10H2,1H3. The van der Waals surface area contributed by atoms with Gasteiger partial charge in [0.25, 0.3) is 5.89 Å². The molecule has 0 saturated carbocycles. The summed E-state index contributed by atoms with van der Waals surface area (Å²) in [4.78, 5) is 4.29. The van der Waals surface area contributed by atoms with Gasteiger partial charge in [-0.25, -0.2) is 0 Å². The van der Waals surface area contributed by atoms with Crippen molar-refractivity contribution in [1.29, 1.82) is 0 Å². The average Bonchev–Trinajstić information content (AvgIpc) is 3.03. The maximum Gasteiger partial charge on any atom is 0.264 e. The molecule has 0 unspecified atom stereocenters. The molecule has 0 saturated heterocycles. The normalized spacial score (nSPS) is 10.5. The van der Waals surface area contributed by atoms with Gasteiger partial charge in [-0.2, -0.15) is 4.98 Å². The van der Waals surface area contributed by atoms with Crippen molar-refractivity contribution in [2.45, 2.75) is 6.61 Å². The minimum atomic E-state index is 0.168. The van der Waals surface area contributed by atoms with Gasteiger partial charge in [-0.15, -0.1) is 0 Å². The van der Waals surface area contributed by atoms with E-state index in [4.69, 9.17) is 25.6 Å². The number of para-hydroxylation sites is 2. The van der Waals surface area contributed by atoms with Crippen LogP contribution in [0.5, 0.6) is 11.5 Å². The minimum absolute atomic E-state index is 0.168. The number of aromatic nitrogens is 2. The Morgan fingerprint density at radius 1 is 1.05 bits per heavy atom. The molecular weight excluding hydrogens is 304 g/mol. The number of methoxy groups -OCH3 is 1. The van der Waals surface area contributed by atoms with E-state index in [1.54, 1.807) is 19.2 Å². The summed E-state index contributed by atoms with van der Waals surface area (Å²) in [5, 5.41) is 4.59. The van der Waals surface area contributed by atoms with Gasteiger partial charge < -0.3 is 14.0 Å². The van der Waals surface area contributed by atoms with Gasteiger partial charge in [0.1, 0.15) is 0 Å². The van der Waals surface area contributed by atoms with Crippen LogP contribution >= 0.6 is 11.6 Å². The fourth-order valence-corrected chi connectivity index (χ4v) is 2.03. The number of ether oxygens (including phenoxy) is 2. The van der Waals surface area contributed by atoms with Gasteiger partial charge in [0, 0.05) is 10.6 Å². The van der Waals surface area contributed by atoms with Gasteiger partial charge in [-0.1, -0.05) is 28.9 Å². The van der Waals surface area contributed by atoms with Gasteiger partial charge >= 0.3 is 0 Å². The van der Waals surface area contributed by atoms with Crippen molar-refractivity contribution < 1.29 is 14.0 Å². The second kappa shape index (κ2) is 6.49. The van der Waals surface area contributed by atoms with E-state index in [1.165, 1.54) is 0 Å². The Labute approximate surface area is 132 Å². The Kier molecular flexibility index (Phi) is 4.25. The molecule has 0 aliphatic carbocycles. The summed E-state index contributed by atoms with van der Waals surface area (Å²) in [7, 11) is 1.59. The lowest BCUT2D eigenvalue weighted by molar-refractivity contribution is 0.233. The second-order valence-electron chi connectivity index (χ2n) is 4.46.